The van der Waals surface area contributed by atoms with Gasteiger partial charge in [-0.1, -0.05) is 18.5 Å². The van der Waals surface area contributed by atoms with Gasteiger partial charge >= 0.3 is 6.18 Å². The van der Waals surface area contributed by atoms with Crippen molar-refractivity contribution >= 4 is 28.9 Å². The molecule has 4 nitrogen and oxygen atoms in total. The smallest absolute Gasteiger partial charge is 0.371 e. The second-order valence-electron chi connectivity index (χ2n) is 6.72. The van der Waals surface area contributed by atoms with Gasteiger partial charge < -0.3 is 10.2 Å². The molecule has 0 saturated carbocycles. The highest BCUT2D eigenvalue weighted by Gasteiger charge is 2.33. The number of nitrogens with one attached hydrogen (secondary N) is 1. The molecule has 0 atom stereocenters. The van der Waals surface area contributed by atoms with Gasteiger partial charge in [-0.05, 0) is 49.1 Å². The Hall–Kier alpha value is -2.28. The van der Waals surface area contributed by atoms with E-state index in [1.165, 1.54) is 12.3 Å². The molecule has 8 heteroatoms. The average molecular weight is 398 g/mol. The number of anilines is 2. The van der Waals surface area contributed by atoms with Gasteiger partial charge in [-0.25, -0.2) is 0 Å². The summed E-state index contributed by atoms with van der Waals surface area (Å²) in [7, 11) is 0. The first kappa shape index (κ1) is 19.5. The van der Waals surface area contributed by atoms with Crippen molar-refractivity contribution < 1.29 is 18.0 Å². The number of benzene rings is 1. The third-order valence-electron chi connectivity index (χ3n) is 4.65. The summed E-state index contributed by atoms with van der Waals surface area (Å²) in [4.78, 5) is 18.7. The molecule has 1 N–H and O–H groups in total. The molecule has 3 rings (SSSR count). The minimum atomic E-state index is -4.60. The largest absolute Gasteiger partial charge is 0.417 e. The molecular weight excluding hydrogens is 379 g/mol. The van der Waals surface area contributed by atoms with Crippen LogP contribution in [0, 0.1) is 5.92 Å². The quantitative estimate of drug-likeness (QED) is 0.770. The number of rotatable bonds is 3. The topological polar surface area (TPSA) is 45.2 Å². The fourth-order valence-electron chi connectivity index (χ4n) is 3.02. The van der Waals surface area contributed by atoms with Gasteiger partial charge in [-0.2, -0.15) is 13.2 Å². The third-order valence-corrected chi connectivity index (χ3v) is 4.98. The molecule has 0 spiro atoms. The van der Waals surface area contributed by atoms with Gasteiger partial charge in [0.15, 0.2) is 0 Å². The molecule has 1 saturated heterocycles. The van der Waals surface area contributed by atoms with E-state index in [-0.39, 0.29) is 11.4 Å². The zero-order valence-electron chi connectivity index (χ0n) is 14.7. The lowest BCUT2D eigenvalue weighted by molar-refractivity contribution is -0.137. The summed E-state index contributed by atoms with van der Waals surface area (Å²) in [5, 5.41) is 2.04. The molecule has 0 aliphatic carbocycles. The van der Waals surface area contributed by atoms with E-state index in [2.05, 4.69) is 22.1 Å². The number of hydrogen-bond acceptors (Lipinski definition) is 3. The highest BCUT2D eigenvalue weighted by molar-refractivity contribution is 6.31. The zero-order chi connectivity index (χ0) is 19.6. The minimum Gasteiger partial charge on any atom is -0.371 e. The molecule has 1 aliphatic rings. The van der Waals surface area contributed by atoms with E-state index in [1.807, 2.05) is 6.07 Å². The first-order valence-corrected chi connectivity index (χ1v) is 9.01. The summed E-state index contributed by atoms with van der Waals surface area (Å²) < 4.78 is 38.9. The van der Waals surface area contributed by atoms with E-state index < -0.39 is 22.7 Å². The highest BCUT2D eigenvalue weighted by atomic mass is 35.5. The number of carbonyl (C=O) groups excluding carboxylic acids is 1. The van der Waals surface area contributed by atoms with Crippen molar-refractivity contribution in [3.05, 3.63) is 52.8 Å². The zero-order valence-corrected chi connectivity index (χ0v) is 15.4. The fourth-order valence-corrected chi connectivity index (χ4v) is 3.25. The summed E-state index contributed by atoms with van der Waals surface area (Å²) in [6, 6.07) is 6.74. The van der Waals surface area contributed by atoms with Crippen molar-refractivity contribution in [3.63, 3.8) is 0 Å². The predicted octanol–water partition coefficient (Wildman–Crippen LogP) is 5.24. The van der Waals surface area contributed by atoms with Crippen molar-refractivity contribution in [2.75, 3.05) is 23.3 Å². The molecule has 0 unspecified atom stereocenters. The van der Waals surface area contributed by atoms with Crippen molar-refractivity contribution in [1.82, 2.24) is 4.98 Å². The Labute approximate surface area is 160 Å². The Morgan fingerprint density at radius 1 is 1.22 bits per heavy atom. The first-order valence-electron chi connectivity index (χ1n) is 8.63. The van der Waals surface area contributed by atoms with E-state index in [0.29, 0.717) is 5.92 Å². The maximum atomic E-state index is 13.0. The van der Waals surface area contributed by atoms with Crippen molar-refractivity contribution in [2.24, 2.45) is 5.92 Å². The summed E-state index contributed by atoms with van der Waals surface area (Å²) in [6.07, 6.45) is -0.906. The Bertz CT molecular complexity index is 833. The molecule has 1 fully saturated rings. The van der Waals surface area contributed by atoms with Crippen molar-refractivity contribution in [3.8, 4) is 0 Å². The molecule has 1 aliphatic heterocycles. The van der Waals surface area contributed by atoms with Crippen molar-refractivity contribution in [2.45, 2.75) is 25.9 Å². The second-order valence-corrected chi connectivity index (χ2v) is 7.12. The average Bonchev–Trinajstić information content (AvgIpc) is 2.63. The fraction of sp³-hybridized carbons (Fsp3) is 0.368. The number of piperidine rings is 1. The van der Waals surface area contributed by atoms with Crippen LogP contribution < -0.4 is 10.2 Å². The summed E-state index contributed by atoms with van der Waals surface area (Å²) in [6.45, 7) is 4.01. The number of hydrogen-bond donors (Lipinski definition) is 1. The molecule has 1 amide bonds. The van der Waals surface area contributed by atoms with Gasteiger partial charge in [0.25, 0.3) is 5.91 Å². The molecule has 1 aromatic heterocycles. The van der Waals surface area contributed by atoms with E-state index in [4.69, 9.17) is 11.6 Å². The third kappa shape index (κ3) is 4.71. The minimum absolute atomic E-state index is 0.00993. The Morgan fingerprint density at radius 3 is 2.59 bits per heavy atom. The van der Waals surface area contributed by atoms with Crippen LogP contribution in [0.15, 0.2) is 36.5 Å². The van der Waals surface area contributed by atoms with Crippen LogP contribution in [0.2, 0.25) is 5.02 Å². The second kappa shape index (κ2) is 7.76. The maximum absolute atomic E-state index is 13.0. The number of alkyl halides is 3. The summed E-state index contributed by atoms with van der Waals surface area (Å²) in [5.74, 6) is 0.108. The van der Waals surface area contributed by atoms with Crippen LogP contribution in [0.25, 0.3) is 0 Å². The number of pyridine rings is 1. The maximum Gasteiger partial charge on any atom is 0.417 e. The van der Waals surface area contributed by atoms with Crippen LogP contribution >= 0.6 is 11.6 Å². The number of nitrogens with zero attached hydrogens (tertiary/aromatic N) is 2. The van der Waals surface area contributed by atoms with E-state index in [1.54, 1.807) is 6.07 Å². The van der Waals surface area contributed by atoms with Gasteiger partial charge in [0.2, 0.25) is 0 Å². The highest BCUT2D eigenvalue weighted by Crippen LogP contribution is 2.36. The van der Waals surface area contributed by atoms with Gasteiger partial charge in [0, 0.05) is 30.7 Å². The van der Waals surface area contributed by atoms with Crippen LogP contribution in [0.4, 0.5) is 24.5 Å². The number of carbonyl (C=O) groups is 1. The normalized spacial score (nSPS) is 15.7. The lowest BCUT2D eigenvalue weighted by Crippen LogP contribution is -2.33. The Morgan fingerprint density at radius 2 is 1.93 bits per heavy atom. The monoisotopic (exact) mass is 397 g/mol. The molecular formula is C19H19ClF3N3O. The molecule has 144 valence electrons. The number of aromatic nitrogens is 1. The molecule has 1 aromatic carbocycles. The van der Waals surface area contributed by atoms with Gasteiger partial charge in [0.05, 0.1) is 10.6 Å². The van der Waals surface area contributed by atoms with Gasteiger partial charge in [0.1, 0.15) is 5.69 Å². The standard InChI is InChI=1S/C19H19ClF3N3O/c1-12-5-8-26(9-6-12)14-4-7-24-17(11-14)18(27)25-13-2-3-16(20)15(10-13)19(21,22)23/h2-4,7,10-12H,5-6,8-9H2,1H3,(H,25,27). The molecule has 0 radical (unpaired) electrons. The van der Waals surface area contributed by atoms with Crippen LogP contribution in [0.3, 0.4) is 0 Å². The number of halogens is 4. The molecule has 27 heavy (non-hydrogen) atoms. The molecule has 2 aromatic rings. The van der Waals surface area contributed by atoms with Gasteiger partial charge in [-0.15, -0.1) is 0 Å². The lowest BCUT2D eigenvalue weighted by Gasteiger charge is -2.32. The number of amides is 1. The van der Waals surface area contributed by atoms with Crippen LogP contribution in [-0.4, -0.2) is 24.0 Å². The SMILES string of the molecule is CC1CCN(c2ccnc(C(=O)Nc3ccc(Cl)c(C(F)(F)F)c3)c2)CC1. The van der Waals surface area contributed by atoms with Crippen molar-refractivity contribution in [1.29, 1.82) is 0 Å². The Balaban J connectivity index is 1.76. The van der Waals surface area contributed by atoms with E-state index in [0.717, 1.165) is 43.8 Å². The van der Waals surface area contributed by atoms with Gasteiger partial charge in [-0.3, -0.25) is 9.78 Å². The molecule has 2 heterocycles. The first-order chi connectivity index (χ1) is 12.7. The summed E-state index contributed by atoms with van der Waals surface area (Å²) in [5.41, 5.74) is 0.0469. The van der Waals surface area contributed by atoms with Crippen LogP contribution in [-0.2, 0) is 6.18 Å². The predicted molar refractivity (Wildman–Crippen MR) is 99.3 cm³/mol. The van der Waals surface area contributed by atoms with E-state index >= 15 is 0 Å². The van der Waals surface area contributed by atoms with Crippen LogP contribution in [0.1, 0.15) is 35.8 Å². The lowest BCUT2D eigenvalue weighted by atomic mass is 9.99. The Kier molecular flexibility index (Phi) is 5.60. The van der Waals surface area contributed by atoms with Crippen LogP contribution in [0.5, 0.6) is 0 Å². The molecule has 0 bridgehead atoms. The van der Waals surface area contributed by atoms with E-state index in [9.17, 15) is 18.0 Å². The summed E-state index contributed by atoms with van der Waals surface area (Å²) >= 11 is 5.60.